The fourth-order valence-corrected chi connectivity index (χ4v) is 5.57. The maximum atomic E-state index is 12.5. The van der Waals surface area contributed by atoms with E-state index in [1.165, 1.54) is 103 Å². The van der Waals surface area contributed by atoms with Gasteiger partial charge >= 0.3 is 5.97 Å². The monoisotopic (exact) mass is 635 g/mol. The second-order valence-corrected chi connectivity index (χ2v) is 14.7. The lowest BCUT2D eigenvalue weighted by Gasteiger charge is -2.28. The average molecular weight is 636 g/mol. The predicted molar refractivity (Wildman–Crippen MR) is 176 cm³/mol. The Hall–Kier alpha value is -0.500. The van der Waals surface area contributed by atoms with Gasteiger partial charge in [-0.2, -0.15) is 0 Å². The van der Waals surface area contributed by atoms with Crippen LogP contribution in [0.3, 0.4) is 0 Å². The molecule has 0 bridgehead atoms. The van der Waals surface area contributed by atoms with Crippen LogP contribution in [0, 0.1) is 0 Å². The van der Waals surface area contributed by atoms with E-state index in [4.69, 9.17) is 18.5 Å². The summed E-state index contributed by atoms with van der Waals surface area (Å²) in [5.41, 5.74) is 0. The quantitative estimate of drug-likeness (QED) is 0.0308. The van der Waals surface area contributed by atoms with Crippen molar-refractivity contribution in [3.05, 3.63) is 0 Å². The molecule has 0 aromatic rings. The van der Waals surface area contributed by atoms with Crippen LogP contribution >= 0.6 is 7.82 Å². The van der Waals surface area contributed by atoms with Crippen LogP contribution in [0.1, 0.15) is 155 Å². The van der Waals surface area contributed by atoms with Gasteiger partial charge in [0.05, 0.1) is 34.4 Å². The molecule has 9 heteroatoms. The number of unbranched alkanes of at least 4 members (excludes halogenated alkanes) is 19. The molecule has 0 saturated heterocycles. The number of carbonyl (C=O) groups excluding carboxylic acids is 1. The Kier molecular flexibility index (Phi) is 28.6. The van der Waals surface area contributed by atoms with Gasteiger partial charge in [0, 0.05) is 13.0 Å². The molecule has 0 N–H and O–H groups in total. The maximum absolute atomic E-state index is 12.5. The summed E-state index contributed by atoms with van der Waals surface area (Å²) in [6, 6.07) is 0. The number of nitrogens with zero attached hydrogens (tertiary/aromatic N) is 1. The van der Waals surface area contributed by atoms with Gasteiger partial charge in [-0.15, -0.1) is 0 Å². The molecular weight excluding hydrogens is 565 g/mol. The lowest BCUT2D eigenvalue weighted by Crippen LogP contribution is -2.37. The molecule has 0 spiro atoms. The van der Waals surface area contributed by atoms with E-state index in [0.29, 0.717) is 24.1 Å². The van der Waals surface area contributed by atoms with Crippen molar-refractivity contribution >= 4 is 13.8 Å². The molecule has 0 amide bonds. The van der Waals surface area contributed by atoms with Gasteiger partial charge in [0.2, 0.25) is 0 Å². The van der Waals surface area contributed by atoms with E-state index in [0.717, 1.165) is 32.1 Å². The van der Waals surface area contributed by atoms with Crippen LogP contribution in [-0.4, -0.2) is 70.7 Å². The van der Waals surface area contributed by atoms with Crippen LogP contribution in [0.2, 0.25) is 0 Å². The van der Waals surface area contributed by atoms with E-state index in [9.17, 15) is 14.3 Å². The van der Waals surface area contributed by atoms with Crippen molar-refractivity contribution in [2.24, 2.45) is 0 Å². The summed E-state index contributed by atoms with van der Waals surface area (Å²) in [6.45, 7) is 5.41. The second kappa shape index (κ2) is 28.9. The van der Waals surface area contributed by atoms with Gasteiger partial charge in [-0.25, -0.2) is 0 Å². The number of rotatable bonds is 33. The average Bonchev–Trinajstić information content (AvgIpc) is 2.94. The van der Waals surface area contributed by atoms with Crippen LogP contribution < -0.4 is 4.89 Å². The number of esters is 1. The van der Waals surface area contributed by atoms with Crippen molar-refractivity contribution in [2.45, 2.75) is 161 Å². The minimum Gasteiger partial charge on any atom is -0.756 e. The first-order valence-corrected chi connectivity index (χ1v) is 19.2. The molecule has 0 heterocycles. The minimum absolute atomic E-state index is 0.0306. The molecule has 0 aromatic carbocycles. The molecule has 0 fully saturated rings. The Morgan fingerprint density at radius 1 is 0.628 bits per heavy atom. The van der Waals surface area contributed by atoms with Crippen molar-refractivity contribution in [1.82, 2.24) is 0 Å². The first-order valence-electron chi connectivity index (χ1n) is 17.8. The number of phosphoric ester groups is 1. The van der Waals surface area contributed by atoms with E-state index in [-0.39, 0.29) is 25.8 Å². The van der Waals surface area contributed by atoms with E-state index in [2.05, 4.69) is 13.8 Å². The first-order chi connectivity index (χ1) is 20.6. The van der Waals surface area contributed by atoms with Crippen molar-refractivity contribution in [1.29, 1.82) is 0 Å². The van der Waals surface area contributed by atoms with Crippen LogP contribution in [0.15, 0.2) is 0 Å². The third kappa shape index (κ3) is 32.7. The normalized spacial score (nSPS) is 14.1. The van der Waals surface area contributed by atoms with Crippen molar-refractivity contribution in [2.75, 3.05) is 54.1 Å². The van der Waals surface area contributed by atoms with E-state index >= 15 is 0 Å². The smallest absolute Gasteiger partial charge is 0.306 e. The fraction of sp³-hybridized carbons (Fsp3) is 0.971. The Bertz CT molecular complexity index is 672. The molecule has 43 heavy (non-hydrogen) atoms. The van der Waals surface area contributed by atoms with Gasteiger partial charge in [0.1, 0.15) is 19.3 Å². The summed E-state index contributed by atoms with van der Waals surface area (Å²) in [7, 11) is 1.37. The highest BCUT2D eigenvalue weighted by Gasteiger charge is 2.20. The van der Waals surface area contributed by atoms with Gasteiger partial charge < -0.3 is 27.9 Å². The van der Waals surface area contributed by atoms with Crippen LogP contribution in [-0.2, 0) is 27.9 Å². The Balaban J connectivity index is 4.32. The highest BCUT2D eigenvalue weighted by Crippen LogP contribution is 2.38. The lowest BCUT2D eigenvalue weighted by molar-refractivity contribution is -0.870. The number of quaternary nitrogens is 1. The summed E-state index contributed by atoms with van der Waals surface area (Å²) in [4.78, 5) is 24.8. The minimum atomic E-state index is -4.50. The second-order valence-electron chi connectivity index (χ2n) is 13.2. The molecule has 0 radical (unpaired) electrons. The number of carbonyl (C=O) groups is 1. The molecule has 2 unspecified atom stereocenters. The summed E-state index contributed by atoms with van der Waals surface area (Å²) < 4.78 is 34.3. The van der Waals surface area contributed by atoms with Gasteiger partial charge in [0.15, 0.2) is 0 Å². The number of phosphoric acid groups is 1. The third-order valence-corrected chi connectivity index (χ3v) is 8.62. The first kappa shape index (κ1) is 42.5. The molecule has 0 aromatic heterocycles. The molecule has 0 saturated carbocycles. The standard InChI is InChI=1S/C34H70NO7P/c1-6-8-10-12-14-16-18-19-21-23-25-27-34(36)42-33(32-41-43(37,38)40-30-28-35(3,4)5)31-39-29-26-24-22-20-17-15-13-11-9-7-2/h33H,6-32H2,1-5H3. The summed E-state index contributed by atoms with van der Waals surface area (Å²) in [5.74, 6) is -0.334. The van der Waals surface area contributed by atoms with Gasteiger partial charge in [0.25, 0.3) is 7.82 Å². The Morgan fingerprint density at radius 3 is 1.53 bits per heavy atom. The molecule has 0 aliphatic carbocycles. The van der Waals surface area contributed by atoms with Crippen molar-refractivity contribution in [3.8, 4) is 0 Å². The topological polar surface area (TPSA) is 94.1 Å². The largest absolute Gasteiger partial charge is 0.756 e. The molecule has 0 rings (SSSR count). The zero-order valence-electron chi connectivity index (χ0n) is 28.9. The maximum Gasteiger partial charge on any atom is 0.306 e. The molecule has 2 atom stereocenters. The molecule has 258 valence electrons. The molecular formula is C34H70NO7P. The number of hydrogen-bond donors (Lipinski definition) is 0. The summed E-state index contributed by atoms with van der Waals surface area (Å²) in [6.07, 6.45) is 25.3. The Morgan fingerprint density at radius 2 is 1.07 bits per heavy atom. The van der Waals surface area contributed by atoms with E-state index < -0.39 is 13.9 Å². The van der Waals surface area contributed by atoms with Gasteiger partial charge in [-0.3, -0.25) is 9.36 Å². The third-order valence-electron chi connectivity index (χ3n) is 7.66. The van der Waals surface area contributed by atoms with Crippen LogP contribution in [0.5, 0.6) is 0 Å². The van der Waals surface area contributed by atoms with Crippen molar-refractivity contribution in [3.63, 3.8) is 0 Å². The molecule has 0 aliphatic rings. The zero-order chi connectivity index (χ0) is 32.1. The fourth-order valence-electron chi connectivity index (χ4n) is 4.84. The van der Waals surface area contributed by atoms with E-state index in [1.54, 1.807) is 0 Å². The molecule has 0 aliphatic heterocycles. The van der Waals surface area contributed by atoms with Crippen LogP contribution in [0.4, 0.5) is 0 Å². The highest BCUT2D eigenvalue weighted by atomic mass is 31.2. The number of likely N-dealkylation sites (N-methyl/N-ethyl adjacent to an activating group) is 1. The number of hydrogen-bond acceptors (Lipinski definition) is 7. The van der Waals surface area contributed by atoms with Crippen molar-refractivity contribution < 1.29 is 37.3 Å². The van der Waals surface area contributed by atoms with Crippen LogP contribution in [0.25, 0.3) is 0 Å². The highest BCUT2D eigenvalue weighted by molar-refractivity contribution is 7.45. The molecule has 8 nitrogen and oxygen atoms in total. The number of ether oxygens (including phenoxy) is 2. The van der Waals surface area contributed by atoms with Gasteiger partial charge in [-0.05, 0) is 12.8 Å². The van der Waals surface area contributed by atoms with E-state index in [1.807, 2.05) is 21.1 Å². The summed E-state index contributed by atoms with van der Waals surface area (Å²) in [5, 5.41) is 0. The predicted octanol–water partition coefficient (Wildman–Crippen LogP) is 8.74. The Labute approximate surface area is 266 Å². The SMILES string of the molecule is CCCCCCCCCCCCCC(=O)OC(COCCCCCCCCCCCC)COP(=O)([O-])OCC[N+](C)(C)C. The summed E-state index contributed by atoms with van der Waals surface area (Å²) >= 11 is 0. The zero-order valence-corrected chi connectivity index (χ0v) is 29.8. The lowest BCUT2D eigenvalue weighted by atomic mass is 10.1. The van der Waals surface area contributed by atoms with Gasteiger partial charge in [-0.1, -0.05) is 136 Å².